The van der Waals surface area contributed by atoms with Crippen LogP contribution < -0.4 is 9.62 Å². The van der Waals surface area contributed by atoms with Crippen LogP contribution in [-0.4, -0.2) is 44.3 Å². The lowest BCUT2D eigenvalue weighted by Gasteiger charge is -2.34. The lowest BCUT2D eigenvalue weighted by molar-refractivity contribution is -0.140. The van der Waals surface area contributed by atoms with Crippen LogP contribution in [0, 0.1) is 13.8 Å². The van der Waals surface area contributed by atoms with E-state index in [0.717, 1.165) is 15.4 Å². The zero-order valence-electron chi connectivity index (χ0n) is 25.5. The molecular formula is C35H37Cl2N3O4S. The molecular weight excluding hydrogens is 629 g/mol. The molecule has 0 aromatic heterocycles. The molecule has 0 saturated heterocycles. The van der Waals surface area contributed by atoms with Crippen molar-refractivity contribution in [3.63, 3.8) is 0 Å². The fourth-order valence-electron chi connectivity index (χ4n) is 5.07. The molecule has 2 amide bonds. The molecule has 1 unspecified atom stereocenters. The van der Waals surface area contributed by atoms with Gasteiger partial charge in [0.15, 0.2) is 0 Å². The Morgan fingerprint density at radius 1 is 0.867 bits per heavy atom. The van der Waals surface area contributed by atoms with Crippen molar-refractivity contribution in [3.05, 3.63) is 129 Å². The summed E-state index contributed by atoms with van der Waals surface area (Å²) >= 11 is 12.7. The molecule has 4 aromatic rings. The molecule has 236 valence electrons. The molecule has 0 radical (unpaired) electrons. The van der Waals surface area contributed by atoms with E-state index in [4.69, 9.17) is 23.2 Å². The summed E-state index contributed by atoms with van der Waals surface area (Å²) in [6, 6.07) is 26.8. The summed E-state index contributed by atoms with van der Waals surface area (Å²) < 4.78 is 29.4. The molecule has 0 aliphatic heterocycles. The zero-order valence-corrected chi connectivity index (χ0v) is 27.9. The Hall–Kier alpha value is -3.85. The van der Waals surface area contributed by atoms with Crippen LogP contribution in [-0.2, 0) is 32.6 Å². The van der Waals surface area contributed by atoms with Crippen molar-refractivity contribution in [2.45, 2.75) is 51.1 Å². The van der Waals surface area contributed by atoms with Crippen LogP contribution in [0.1, 0.15) is 35.6 Å². The summed E-state index contributed by atoms with van der Waals surface area (Å²) in [7, 11) is -4.18. The number of nitrogens with zero attached hydrogens (tertiary/aromatic N) is 2. The van der Waals surface area contributed by atoms with Crippen LogP contribution in [0.25, 0.3) is 0 Å². The van der Waals surface area contributed by atoms with E-state index < -0.39 is 28.5 Å². The van der Waals surface area contributed by atoms with Crippen LogP contribution in [0.15, 0.2) is 102 Å². The van der Waals surface area contributed by atoms with Crippen molar-refractivity contribution >= 4 is 50.7 Å². The summed E-state index contributed by atoms with van der Waals surface area (Å²) in [6.45, 7) is 5.50. The third-order valence-corrected chi connectivity index (χ3v) is 9.77. The lowest BCUT2D eigenvalue weighted by atomic mass is 10.0. The Bertz CT molecular complexity index is 1730. The van der Waals surface area contributed by atoms with Crippen molar-refractivity contribution in [1.82, 2.24) is 10.2 Å². The first-order chi connectivity index (χ1) is 21.5. The number of nitrogens with one attached hydrogen (secondary N) is 1. The fraction of sp³-hybridized carbons (Fsp3) is 0.257. The maximum absolute atomic E-state index is 14.5. The number of carbonyl (C=O) groups is 2. The molecule has 0 saturated carbocycles. The highest BCUT2D eigenvalue weighted by Gasteiger charge is 2.35. The number of halogens is 2. The van der Waals surface area contributed by atoms with Gasteiger partial charge in [-0.25, -0.2) is 8.42 Å². The SMILES string of the molecule is CCCNC(=O)C(Cc1ccccc1)N(Cc1ccc(Cl)cc1Cl)C(=O)CN(c1ccc(C)cc1C)S(=O)(=O)c1ccccc1. The van der Waals surface area contributed by atoms with E-state index >= 15 is 0 Å². The van der Waals surface area contributed by atoms with E-state index in [-0.39, 0.29) is 23.8 Å². The van der Waals surface area contributed by atoms with Crippen LogP contribution in [0.3, 0.4) is 0 Å². The Balaban J connectivity index is 1.83. The Morgan fingerprint density at radius 3 is 2.16 bits per heavy atom. The van der Waals surface area contributed by atoms with E-state index in [1.54, 1.807) is 42.5 Å². The van der Waals surface area contributed by atoms with E-state index in [1.807, 2.05) is 63.2 Å². The first-order valence-electron chi connectivity index (χ1n) is 14.7. The zero-order chi connectivity index (χ0) is 32.6. The minimum atomic E-state index is -4.18. The number of hydrogen-bond donors (Lipinski definition) is 1. The number of hydrogen-bond acceptors (Lipinski definition) is 4. The first-order valence-corrected chi connectivity index (χ1v) is 16.9. The van der Waals surface area contributed by atoms with Crippen molar-refractivity contribution in [1.29, 1.82) is 0 Å². The van der Waals surface area contributed by atoms with Crippen LogP contribution >= 0.6 is 23.2 Å². The molecule has 1 atom stereocenters. The summed E-state index contributed by atoms with van der Waals surface area (Å²) in [5, 5.41) is 3.69. The Labute approximate surface area is 275 Å². The molecule has 0 aliphatic rings. The minimum Gasteiger partial charge on any atom is -0.354 e. The molecule has 0 aliphatic carbocycles. The number of carbonyl (C=O) groups excluding carboxylic acids is 2. The van der Waals surface area contributed by atoms with E-state index in [2.05, 4.69) is 5.32 Å². The van der Waals surface area contributed by atoms with Crippen LogP contribution in [0.5, 0.6) is 0 Å². The number of sulfonamides is 1. The van der Waals surface area contributed by atoms with Gasteiger partial charge in [0.1, 0.15) is 12.6 Å². The van der Waals surface area contributed by atoms with Gasteiger partial charge in [0.2, 0.25) is 11.8 Å². The average molecular weight is 667 g/mol. The molecule has 0 fully saturated rings. The summed E-state index contributed by atoms with van der Waals surface area (Å²) in [5.74, 6) is -0.906. The summed E-state index contributed by atoms with van der Waals surface area (Å²) in [5.41, 5.74) is 3.43. The highest BCUT2D eigenvalue weighted by Crippen LogP contribution is 2.29. The van der Waals surface area contributed by atoms with Crippen molar-refractivity contribution in [2.75, 3.05) is 17.4 Å². The minimum absolute atomic E-state index is 0.0437. The molecule has 1 N–H and O–H groups in total. The number of rotatable bonds is 13. The molecule has 0 spiro atoms. The monoisotopic (exact) mass is 665 g/mol. The average Bonchev–Trinajstić information content (AvgIpc) is 3.02. The summed E-state index contributed by atoms with van der Waals surface area (Å²) in [6.07, 6.45) is 0.916. The fourth-order valence-corrected chi connectivity index (χ4v) is 7.04. The molecule has 0 bridgehead atoms. The summed E-state index contributed by atoms with van der Waals surface area (Å²) in [4.78, 5) is 29.8. The highest BCUT2D eigenvalue weighted by atomic mass is 35.5. The number of anilines is 1. The van der Waals surface area contributed by atoms with Crippen LogP contribution in [0.4, 0.5) is 5.69 Å². The van der Waals surface area contributed by atoms with Gasteiger partial charge in [-0.05, 0) is 67.3 Å². The molecule has 4 rings (SSSR count). The van der Waals surface area contributed by atoms with Gasteiger partial charge in [-0.2, -0.15) is 0 Å². The van der Waals surface area contributed by atoms with Crippen molar-refractivity contribution in [2.24, 2.45) is 0 Å². The first kappa shape index (κ1) is 34.0. The van der Waals surface area contributed by atoms with E-state index in [0.29, 0.717) is 39.8 Å². The second-order valence-corrected chi connectivity index (χ2v) is 13.6. The van der Waals surface area contributed by atoms with Gasteiger partial charge in [-0.15, -0.1) is 0 Å². The van der Waals surface area contributed by atoms with Crippen LogP contribution in [0.2, 0.25) is 10.0 Å². The second kappa shape index (κ2) is 15.4. The lowest BCUT2D eigenvalue weighted by Crippen LogP contribution is -2.53. The normalized spacial score (nSPS) is 11.9. The standard InChI is InChI=1S/C35H37Cl2N3O4S/c1-4-19-38-35(42)33(21-27-11-7-5-8-12-27)39(23-28-16-17-29(36)22-31(28)37)34(41)24-40(32-18-15-25(2)20-26(32)3)45(43,44)30-13-9-6-10-14-30/h5-18,20,22,33H,4,19,21,23-24H2,1-3H3,(H,38,42). The molecule has 10 heteroatoms. The maximum atomic E-state index is 14.5. The van der Waals surface area contributed by atoms with Gasteiger partial charge in [-0.3, -0.25) is 13.9 Å². The van der Waals surface area contributed by atoms with Gasteiger partial charge in [0.25, 0.3) is 10.0 Å². The van der Waals surface area contributed by atoms with Gasteiger partial charge < -0.3 is 10.2 Å². The predicted molar refractivity (Wildman–Crippen MR) is 181 cm³/mol. The second-order valence-electron chi connectivity index (χ2n) is 10.9. The van der Waals surface area contributed by atoms with Gasteiger partial charge in [0.05, 0.1) is 10.6 Å². The van der Waals surface area contributed by atoms with E-state index in [9.17, 15) is 18.0 Å². The third-order valence-electron chi connectivity index (χ3n) is 7.41. The van der Waals surface area contributed by atoms with Crippen molar-refractivity contribution in [3.8, 4) is 0 Å². The Morgan fingerprint density at radius 2 is 1.53 bits per heavy atom. The molecule has 4 aromatic carbocycles. The maximum Gasteiger partial charge on any atom is 0.264 e. The van der Waals surface area contributed by atoms with Gasteiger partial charge in [0, 0.05) is 29.6 Å². The smallest absolute Gasteiger partial charge is 0.264 e. The van der Waals surface area contributed by atoms with Gasteiger partial charge >= 0.3 is 0 Å². The number of amides is 2. The quantitative estimate of drug-likeness (QED) is 0.167. The highest BCUT2D eigenvalue weighted by molar-refractivity contribution is 7.92. The number of benzene rings is 4. The Kier molecular flexibility index (Phi) is 11.7. The predicted octanol–water partition coefficient (Wildman–Crippen LogP) is 6.97. The topological polar surface area (TPSA) is 86.8 Å². The molecule has 7 nitrogen and oxygen atoms in total. The number of aryl methyl sites for hydroxylation is 2. The van der Waals surface area contributed by atoms with Crippen molar-refractivity contribution < 1.29 is 18.0 Å². The molecule has 0 heterocycles. The molecule has 45 heavy (non-hydrogen) atoms. The van der Waals surface area contributed by atoms with Gasteiger partial charge in [-0.1, -0.05) is 102 Å². The largest absolute Gasteiger partial charge is 0.354 e. The third kappa shape index (κ3) is 8.66. The van der Waals surface area contributed by atoms with E-state index in [1.165, 1.54) is 17.0 Å².